The Labute approximate surface area is 336 Å². The van der Waals surface area contributed by atoms with Crippen LogP contribution in [0.25, 0.3) is 82.9 Å². The van der Waals surface area contributed by atoms with E-state index in [0.29, 0.717) is 0 Å². The zero-order valence-electron chi connectivity index (χ0n) is 31.6. The number of anilines is 3. The van der Waals surface area contributed by atoms with Crippen molar-refractivity contribution < 1.29 is 0 Å². The molecule has 0 aliphatic rings. The maximum atomic E-state index is 5.29. The molecule has 272 valence electrons. The van der Waals surface area contributed by atoms with Gasteiger partial charge in [-0.25, -0.2) is 9.97 Å². The fourth-order valence-corrected chi connectivity index (χ4v) is 8.45. The predicted molar refractivity (Wildman–Crippen MR) is 242 cm³/mol. The highest BCUT2D eigenvalue weighted by Gasteiger charge is 2.20. The molecule has 4 heteroatoms. The summed E-state index contributed by atoms with van der Waals surface area (Å²) in [6.45, 7) is 0. The van der Waals surface area contributed by atoms with Gasteiger partial charge in [-0.3, -0.25) is 0 Å². The number of rotatable bonds is 7. The first-order valence-electron chi connectivity index (χ1n) is 19.7. The highest BCUT2D eigenvalue weighted by atomic mass is 15.1. The second-order valence-electron chi connectivity index (χ2n) is 14.6. The van der Waals surface area contributed by atoms with Crippen LogP contribution in [0.4, 0.5) is 17.1 Å². The highest BCUT2D eigenvalue weighted by molar-refractivity contribution is 6.21. The number of hydrogen-bond donors (Lipinski definition) is 0. The zero-order valence-corrected chi connectivity index (χ0v) is 31.6. The van der Waals surface area contributed by atoms with Crippen molar-refractivity contribution >= 4 is 60.7 Å². The van der Waals surface area contributed by atoms with Crippen LogP contribution in [-0.4, -0.2) is 14.5 Å². The van der Waals surface area contributed by atoms with E-state index in [2.05, 4.69) is 216 Å². The topological polar surface area (TPSA) is 34.0 Å². The third-order valence-corrected chi connectivity index (χ3v) is 11.1. The molecule has 0 unspecified atom stereocenters. The maximum absolute atomic E-state index is 5.29. The van der Waals surface area contributed by atoms with Crippen LogP contribution in [0.3, 0.4) is 0 Å². The van der Waals surface area contributed by atoms with Crippen molar-refractivity contribution in [2.45, 2.75) is 0 Å². The van der Waals surface area contributed by atoms with Gasteiger partial charge in [-0.15, -0.1) is 0 Å². The summed E-state index contributed by atoms with van der Waals surface area (Å²) in [5.41, 5.74) is 14.5. The van der Waals surface area contributed by atoms with Gasteiger partial charge in [-0.05, 0) is 88.6 Å². The Hall–Kier alpha value is -7.82. The SMILES string of the molecule is c1ccc(-c2nc3ccc(-c4cccc(-n5c6cc(N(c7ccccc7)c7ccccc7)ccc6c6c7ccccc7ccc65)c4)cc3nc2-c2ccccc2)cc1. The van der Waals surface area contributed by atoms with Gasteiger partial charge < -0.3 is 9.47 Å². The quantitative estimate of drug-likeness (QED) is 0.163. The Bertz CT molecular complexity index is 3230. The largest absolute Gasteiger partial charge is 0.310 e. The van der Waals surface area contributed by atoms with E-state index in [-0.39, 0.29) is 0 Å². The third-order valence-electron chi connectivity index (χ3n) is 11.1. The summed E-state index contributed by atoms with van der Waals surface area (Å²) in [4.78, 5) is 12.8. The summed E-state index contributed by atoms with van der Waals surface area (Å²) in [5, 5.41) is 4.93. The van der Waals surface area contributed by atoms with Crippen molar-refractivity contribution in [1.82, 2.24) is 14.5 Å². The molecule has 0 fully saturated rings. The first kappa shape index (κ1) is 33.5. The van der Waals surface area contributed by atoms with Gasteiger partial charge >= 0.3 is 0 Å². The Morgan fingerprint density at radius 3 is 1.62 bits per heavy atom. The van der Waals surface area contributed by atoms with Crippen LogP contribution in [0, 0.1) is 0 Å². The van der Waals surface area contributed by atoms with Crippen LogP contribution in [-0.2, 0) is 0 Å². The molecule has 0 bridgehead atoms. The molecule has 0 aliphatic carbocycles. The predicted octanol–water partition coefficient (Wildman–Crippen LogP) is 14.4. The number of fused-ring (bicyclic) bond motifs is 6. The molecule has 0 atom stereocenters. The smallest absolute Gasteiger partial charge is 0.0973 e. The first-order chi connectivity index (χ1) is 28.8. The van der Waals surface area contributed by atoms with Crippen LogP contribution < -0.4 is 4.90 Å². The van der Waals surface area contributed by atoms with Gasteiger partial charge in [0.15, 0.2) is 0 Å². The molecular weight excluding hydrogens is 705 g/mol. The lowest BCUT2D eigenvalue weighted by Gasteiger charge is -2.25. The van der Waals surface area contributed by atoms with Gasteiger partial charge in [-0.1, -0.05) is 152 Å². The van der Waals surface area contributed by atoms with E-state index in [4.69, 9.17) is 9.97 Å². The third kappa shape index (κ3) is 5.78. The van der Waals surface area contributed by atoms with Crippen LogP contribution in [0.2, 0.25) is 0 Å². The molecule has 2 heterocycles. The lowest BCUT2D eigenvalue weighted by molar-refractivity contribution is 1.18. The molecule has 0 saturated heterocycles. The van der Waals surface area contributed by atoms with E-state index in [1.54, 1.807) is 0 Å². The molecule has 0 saturated carbocycles. The van der Waals surface area contributed by atoms with Crippen molar-refractivity contribution in [2.75, 3.05) is 4.90 Å². The fourth-order valence-electron chi connectivity index (χ4n) is 8.45. The molecule has 2 aromatic heterocycles. The second-order valence-corrected chi connectivity index (χ2v) is 14.6. The van der Waals surface area contributed by atoms with Gasteiger partial charge in [0.05, 0.1) is 33.5 Å². The minimum Gasteiger partial charge on any atom is -0.310 e. The summed E-state index contributed by atoms with van der Waals surface area (Å²) in [6.07, 6.45) is 0. The Morgan fingerprint density at radius 1 is 0.345 bits per heavy atom. The van der Waals surface area contributed by atoms with Gasteiger partial charge in [0, 0.05) is 44.6 Å². The van der Waals surface area contributed by atoms with Crippen molar-refractivity contribution in [3.63, 3.8) is 0 Å². The zero-order chi connectivity index (χ0) is 38.4. The minimum absolute atomic E-state index is 0.858. The summed E-state index contributed by atoms with van der Waals surface area (Å²) in [5.74, 6) is 0. The van der Waals surface area contributed by atoms with Gasteiger partial charge in [0.1, 0.15) is 0 Å². The van der Waals surface area contributed by atoms with E-state index in [9.17, 15) is 0 Å². The van der Waals surface area contributed by atoms with Crippen LogP contribution in [0.15, 0.2) is 218 Å². The van der Waals surface area contributed by atoms with Crippen molar-refractivity contribution in [1.29, 1.82) is 0 Å². The summed E-state index contributed by atoms with van der Waals surface area (Å²) < 4.78 is 2.43. The highest BCUT2D eigenvalue weighted by Crippen LogP contribution is 2.42. The molecular formula is C54H36N4. The minimum atomic E-state index is 0.858. The van der Waals surface area contributed by atoms with E-state index in [1.807, 2.05) is 12.1 Å². The van der Waals surface area contributed by atoms with Crippen molar-refractivity contribution in [3.05, 3.63) is 218 Å². The number of hydrogen-bond acceptors (Lipinski definition) is 3. The van der Waals surface area contributed by atoms with E-state index in [1.165, 1.54) is 27.1 Å². The number of nitrogens with zero attached hydrogens (tertiary/aromatic N) is 4. The van der Waals surface area contributed by atoms with Crippen LogP contribution in [0.1, 0.15) is 0 Å². The summed E-state index contributed by atoms with van der Waals surface area (Å²) in [7, 11) is 0. The number of benzene rings is 9. The fraction of sp³-hybridized carbons (Fsp3) is 0. The lowest BCUT2D eigenvalue weighted by Crippen LogP contribution is -2.09. The van der Waals surface area contributed by atoms with Crippen molar-refractivity contribution in [2.24, 2.45) is 0 Å². The molecule has 0 aliphatic heterocycles. The maximum Gasteiger partial charge on any atom is 0.0973 e. The molecule has 4 nitrogen and oxygen atoms in total. The van der Waals surface area contributed by atoms with E-state index >= 15 is 0 Å². The van der Waals surface area contributed by atoms with Crippen LogP contribution >= 0.6 is 0 Å². The Balaban J connectivity index is 1.10. The Kier molecular flexibility index (Phi) is 8.11. The lowest BCUT2D eigenvalue weighted by atomic mass is 10.0. The standard InChI is InChI=1S/C54H36N4/c1-5-17-38(18-6-1)53-54(39-19-7-2-8-20-39)56-49-35-41(28-32-48(49)55-53)40-21-15-26-44(34-40)58-50-33-29-37-16-13-14-27-46(37)52(50)47-31-30-45(36-51(47)58)57(42-22-9-3-10-23-42)43-24-11-4-12-25-43/h1-36H. The normalized spacial score (nSPS) is 11.4. The van der Waals surface area contributed by atoms with Gasteiger partial charge in [0.25, 0.3) is 0 Å². The monoisotopic (exact) mass is 740 g/mol. The number of para-hydroxylation sites is 2. The summed E-state index contributed by atoms with van der Waals surface area (Å²) >= 11 is 0. The average molecular weight is 741 g/mol. The summed E-state index contributed by atoms with van der Waals surface area (Å²) in [6, 6.07) is 77.4. The van der Waals surface area contributed by atoms with Gasteiger partial charge in [0.2, 0.25) is 0 Å². The van der Waals surface area contributed by atoms with Crippen LogP contribution in [0.5, 0.6) is 0 Å². The molecule has 0 amide bonds. The number of aromatic nitrogens is 3. The van der Waals surface area contributed by atoms with Crippen molar-refractivity contribution in [3.8, 4) is 39.3 Å². The molecule has 0 spiro atoms. The molecule has 9 aromatic carbocycles. The molecule has 11 rings (SSSR count). The average Bonchev–Trinajstić information content (AvgIpc) is 3.64. The molecule has 0 radical (unpaired) electrons. The first-order valence-corrected chi connectivity index (χ1v) is 19.7. The molecule has 11 aromatic rings. The molecule has 58 heavy (non-hydrogen) atoms. The van der Waals surface area contributed by atoms with Gasteiger partial charge in [-0.2, -0.15) is 0 Å². The Morgan fingerprint density at radius 2 is 0.931 bits per heavy atom. The molecule has 0 N–H and O–H groups in total. The van der Waals surface area contributed by atoms with E-state index in [0.717, 1.165) is 72.9 Å². The van der Waals surface area contributed by atoms with E-state index < -0.39 is 0 Å². The second kappa shape index (κ2) is 14.0.